The molecule has 0 aliphatic heterocycles. The summed E-state index contributed by atoms with van der Waals surface area (Å²) in [4.78, 5) is 16.0. The van der Waals surface area contributed by atoms with Crippen molar-refractivity contribution in [3.8, 4) is 5.75 Å². The lowest BCUT2D eigenvalue weighted by Crippen LogP contribution is -2.43. The van der Waals surface area contributed by atoms with Crippen molar-refractivity contribution in [3.05, 3.63) is 42.5 Å². The molecule has 0 unspecified atom stereocenters. The van der Waals surface area contributed by atoms with Crippen LogP contribution in [0.2, 0.25) is 0 Å². The standard InChI is InChI=1S/C17H26N4O2.HI/c1-4-11-23-15-10-8-7-9-14(15)12-20-17(19-6-3)21-13-16(22)18-5-2;/h4,7-10H,1,5-6,11-13H2,2-3H3,(H,18,22)(H2,19,20,21);1H. The first-order valence-electron chi connectivity index (χ1n) is 7.81. The SMILES string of the molecule is C=CCOc1ccccc1CN=C(NCC)NCC(=O)NCC.I. The Labute approximate surface area is 161 Å². The maximum atomic E-state index is 11.5. The van der Waals surface area contributed by atoms with Gasteiger partial charge in [0.05, 0.1) is 13.1 Å². The summed E-state index contributed by atoms with van der Waals surface area (Å²) in [6.07, 6.45) is 1.71. The molecule has 1 aromatic rings. The number of benzene rings is 1. The number of hydrogen-bond acceptors (Lipinski definition) is 3. The van der Waals surface area contributed by atoms with Gasteiger partial charge in [-0.1, -0.05) is 30.9 Å². The Hall–Kier alpha value is -1.77. The average molecular weight is 446 g/mol. The molecule has 0 radical (unpaired) electrons. The third-order valence-corrected chi connectivity index (χ3v) is 2.87. The fraction of sp³-hybridized carbons (Fsp3) is 0.412. The minimum atomic E-state index is -0.0622. The van der Waals surface area contributed by atoms with E-state index in [4.69, 9.17) is 4.74 Å². The van der Waals surface area contributed by atoms with Gasteiger partial charge in [-0.2, -0.15) is 0 Å². The van der Waals surface area contributed by atoms with Gasteiger partial charge >= 0.3 is 0 Å². The second-order valence-electron chi connectivity index (χ2n) is 4.71. The second kappa shape index (κ2) is 13.6. The van der Waals surface area contributed by atoms with E-state index in [0.29, 0.717) is 25.7 Å². The molecule has 1 aromatic carbocycles. The predicted molar refractivity (Wildman–Crippen MR) is 109 cm³/mol. The summed E-state index contributed by atoms with van der Waals surface area (Å²) in [5, 5.41) is 8.86. The number of rotatable bonds is 9. The normalized spacial score (nSPS) is 10.3. The van der Waals surface area contributed by atoms with E-state index in [1.165, 1.54) is 0 Å². The van der Waals surface area contributed by atoms with Gasteiger partial charge in [-0.05, 0) is 19.9 Å². The summed E-state index contributed by atoms with van der Waals surface area (Å²) >= 11 is 0. The van der Waals surface area contributed by atoms with Crippen LogP contribution in [0.15, 0.2) is 41.9 Å². The number of aliphatic imine (C=N–C) groups is 1. The fourth-order valence-corrected chi connectivity index (χ4v) is 1.85. The summed E-state index contributed by atoms with van der Waals surface area (Å²) in [7, 11) is 0. The molecule has 134 valence electrons. The Morgan fingerprint density at radius 2 is 1.92 bits per heavy atom. The van der Waals surface area contributed by atoms with E-state index in [1.807, 2.05) is 38.1 Å². The van der Waals surface area contributed by atoms with E-state index < -0.39 is 0 Å². The monoisotopic (exact) mass is 446 g/mol. The molecule has 0 aromatic heterocycles. The molecule has 0 bridgehead atoms. The first-order chi connectivity index (χ1) is 11.2. The lowest BCUT2D eigenvalue weighted by Gasteiger charge is -2.12. The number of halogens is 1. The number of amides is 1. The van der Waals surface area contributed by atoms with Crippen molar-refractivity contribution >= 4 is 35.8 Å². The molecule has 0 saturated heterocycles. The van der Waals surface area contributed by atoms with Crippen molar-refractivity contribution in [3.63, 3.8) is 0 Å². The maximum absolute atomic E-state index is 11.5. The van der Waals surface area contributed by atoms with Crippen molar-refractivity contribution in [2.24, 2.45) is 4.99 Å². The number of nitrogens with one attached hydrogen (secondary N) is 3. The quantitative estimate of drug-likeness (QED) is 0.235. The average Bonchev–Trinajstić information content (AvgIpc) is 2.56. The summed E-state index contributed by atoms with van der Waals surface area (Å²) in [5.74, 6) is 1.32. The molecule has 6 nitrogen and oxygen atoms in total. The molecular formula is C17H27IN4O2. The van der Waals surface area contributed by atoms with Gasteiger partial charge in [-0.25, -0.2) is 4.99 Å². The second-order valence-corrected chi connectivity index (χ2v) is 4.71. The number of carbonyl (C=O) groups excluding carboxylic acids is 1. The highest BCUT2D eigenvalue weighted by Crippen LogP contribution is 2.18. The lowest BCUT2D eigenvalue weighted by atomic mass is 10.2. The van der Waals surface area contributed by atoms with Crippen molar-refractivity contribution in [2.75, 3.05) is 26.2 Å². The molecule has 0 heterocycles. The fourth-order valence-electron chi connectivity index (χ4n) is 1.85. The van der Waals surface area contributed by atoms with E-state index in [1.54, 1.807) is 6.08 Å². The van der Waals surface area contributed by atoms with Gasteiger partial charge < -0.3 is 20.7 Å². The van der Waals surface area contributed by atoms with Gasteiger partial charge in [0.25, 0.3) is 0 Å². The van der Waals surface area contributed by atoms with Crippen molar-refractivity contribution in [2.45, 2.75) is 20.4 Å². The van der Waals surface area contributed by atoms with Crippen LogP contribution < -0.4 is 20.7 Å². The zero-order valence-electron chi connectivity index (χ0n) is 14.3. The molecule has 1 amide bonds. The Balaban J connectivity index is 0.00000529. The Kier molecular flexibility index (Phi) is 12.6. The van der Waals surface area contributed by atoms with Crippen LogP contribution in [0.3, 0.4) is 0 Å². The maximum Gasteiger partial charge on any atom is 0.239 e. The molecular weight excluding hydrogens is 419 g/mol. The first-order valence-corrected chi connectivity index (χ1v) is 7.81. The van der Waals surface area contributed by atoms with Gasteiger partial charge in [0.1, 0.15) is 12.4 Å². The molecule has 24 heavy (non-hydrogen) atoms. The zero-order chi connectivity index (χ0) is 16.9. The number of ether oxygens (including phenoxy) is 1. The number of carbonyl (C=O) groups is 1. The first kappa shape index (κ1) is 22.2. The van der Waals surface area contributed by atoms with Crippen LogP contribution >= 0.6 is 24.0 Å². The van der Waals surface area contributed by atoms with Gasteiger partial charge in [-0.15, -0.1) is 24.0 Å². The lowest BCUT2D eigenvalue weighted by molar-refractivity contribution is -0.119. The topological polar surface area (TPSA) is 74.8 Å². The van der Waals surface area contributed by atoms with E-state index >= 15 is 0 Å². The summed E-state index contributed by atoms with van der Waals surface area (Å²) in [6, 6.07) is 7.74. The van der Waals surface area contributed by atoms with Crippen LogP contribution in [-0.2, 0) is 11.3 Å². The van der Waals surface area contributed by atoms with Gasteiger partial charge in [-0.3, -0.25) is 4.79 Å². The van der Waals surface area contributed by atoms with Gasteiger partial charge in [0.2, 0.25) is 5.91 Å². The third-order valence-electron chi connectivity index (χ3n) is 2.87. The summed E-state index contributed by atoms with van der Waals surface area (Å²) in [5.41, 5.74) is 0.976. The molecule has 0 aliphatic carbocycles. The van der Waals surface area contributed by atoms with Crippen LogP contribution in [0, 0.1) is 0 Å². The van der Waals surface area contributed by atoms with Crippen LogP contribution in [0.1, 0.15) is 19.4 Å². The number of guanidine groups is 1. The molecule has 1 rings (SSSR count). The number of para-hydroxylation sites is 1. The largest absolute Gasteiger partial charge is 0.489 e. The molecule has 7 heteroatoms. The minimum absolute atomic E-state index is 0. The molecule has 0 fully saturated rings. The molecule has 0 atom stereocenters. The summed E-state index contributed by atoms with van der Waals surface area (Å²) < 4.78 is 5.62. The highest BCUT2D eigenvalue weighted by molar-refractivity contribution is 14.0. The molecule has 0 saturated carbocycles. The van der Waals surface area contributed by atoms with Crippen LogP contribution in [0.5, 0.6) is 5.75 Å². The van der Waals surface area contributed by atoms with E-state index in [9.17, 15) is 4.79 Å². The zero-order valence-corrected chi connectivity index (χ0v) is 16.6. The minimum Gasteiger partial charge on any atom is -0.489 e. The Morgan fingerprint density at radius 3 is 2.58 bits per heavy atom. The highest BCUT2D eigenvalue weighted by atomic mass is 127. The van der Waals surface area contributed by atoms with Gasteiger partial charge in [0, 0.05) is 18.7 Å². The highest BCUT2D eigenvalue weighted by Gasteiger charge is 2.04. The van der Waals surface area contributed by atoms with Crippen molar-refractivity contribution < 1.29 is 9.53 Å². The smallest absolute Gasteiger partial charge is 0.239 e. The van der Waals surface area contributed by atoms with E-state index in [-0.39, 0.29) is 36.4 Å². The van der Waals surface area contributed by atoms with Crippen molar-refractivity contribution in [1.82, 2.24) is 16.0 Å². The van der Waals surface area contributed by atoms with Crippen LogP contribution in [0.25, 0.3) is 0 Å². The molecule has 3 N–H and O–H groups in total. The number of nitrogens with zero attached hydrogens (tertiary/aromatic N) is 1. The van der Waals surface area contributed by atoms with E-state index in [2.05, 4.69) is 27.5 Å². The van der Waals surface area contributed by atoms with Crippen molar-refractivity contribution in [1.29, 1.82) is 0 Å². The molecule has 0 aliphatic rings. The Morgan fingerprint density at radius 1 is 1.21 bits per heavy atom. The predicted octanol–water partition coefficient (Wildman–Crippen LogP) is 2.06. The number of hydrogen-bond donors (Lipinski definition) is 3. The van der Waals surface area contributed by atoms with Gasteiger partial charge in [0.15, 0.2) is 5.96 Å². The van der Waals surface area contributed by atoms with Crippen LogP contribution in [-0.4, -0.2) is 38.1 Å². The summed E-state index contributed by atoms with van der Waals surface area (Å²) in [6.45, 7) is 9.94. The van der Waals surface area contributed by atoms with Crippen LogP contribution in [0.4, 0.5) is 0 Å². The van der Waals surface area contributed by atoms with E-state index in [0.717, 1.165) is 17.9 Å². The third kappa shape index (κ3) is 8.76. The number of likely N-dealkylation sites (N-methyl/N-ethyl adjacent to an activating group) is 1. The Bertz CT molecular complexity index is 535. The molecule has 0 spiro atoms.